The van der Waals surface area contributed by atoms with Gasteiger partial charge in [-0.3, -0.25) is 0 Å². The Morgan fingerprint density at radius 1 is 1.08 bits per heavy atom. The summed E-state index contributed by atoms with van der Waals surface area (Å²) >= 11 is 0. The maximum absolute atomic E-state index is 5.84. The Morgan fingerprint density at radius 3 is 2.77 bits per heavy atom. The molecule has 0 saturated carbocycles. The molecule has 0 amide bonds. The lowest BCUT2D eigenvalue weighted by molar-refractivity contribution is -0.00551. The van der Waals surface area contributed by atoms with Crippen LogP contribution in [0.5, 0.6) is 0 Å². The highest BCUT2D eigenvalue weighted by molar-refractivity contribution is 5.80. The van der Waals surface area contributed by atoms with Crippen molar-refractivity contribution < 1.29 is 4.74 Å². The van der Waals surface area contributed by atoms with Crippen LogP contribution in [0.1, 0.15) is 13.8 Å². The number of aromatic nitrogens is 5. The second kappa shape index (κ2) is 5.81. The molecular weight excluding hydrogens is 328 g/mol. The van der Waals surface area contributed by atoms with Gasteiger partial charge in [0.25, 0.3) is 0 Å². The molecule has 1 aliphatic heterocycles. The lowest BCUT2D eigenvalue weighted by atomic mass is 10.2. The van der Waals surface area contributed by atoms with E-state index in [1.807, 2.05) is 41.3 Å². The van der Waals surface area contributed by atoms with E-state index in [9.17, 15) is 0 Å². The van der Waals surface area contributed by atoms with Crippen molar-refractivity contribution in [3.05, 3.63) is 42.9 Å². The summed E-state index contributed by atoms with van der Waals surface area (Å²) in [6.07, 6.45) is 5.99. The minimum absolute atomic E-state index is 0.193. The molecule has 5 rings (SSSR count). The monoisotopic (exact) mass is 348 g/mol. The van der Waals surface area contributed by atoms with Gasteiger partial charge in [-0.2, -0.15) is 0 Å². The lowest BCUT2D eigenvalue weighted by Gasteiger charge is -2.35. The lowest BCUT2D eigenvalue weighted by Crippen LogP contribution is -2.46. The van der Waals surface area contributed by atoms with Crippen LogP contribution >= 0.6 is 0 Å². The van der Waals surface area contributed by atoms with Gasteiger partial charge in [0.1, 0.15) is 11.5 Å². The zero-order chi connectivity index (χ0) is 17.7. The Bertz CT molecular complexity index is 1070. The van der Waals surface area contributed by atoms with Gasteiger partial charge in [-0.15, -0.1) is 5.10 Å². The van der Waals surface area contributed by atoms with Crippen LogP contribution in [0.3, 0.4) is 0 Å². The second-order valence-corrected chi connectivity index (χ2v) is 6.91. The van der Waals surface area contributed by atoms with E-state index in [2.05, 4.69) is 39.8 Å². The van der Waals surface area contributed by atoms with Gasteiger partial charge in [-0.05, 0) is 38.1 Å². The summed E-state index contributed by atoms with van der Waals surface area (Å²) in [6, 6.07) is 8.17. The zero-order valence-corrected chi connectivity index (χ0v) is 14.8. The van der Waals surface area contributed by atoms with Crippen LogP contribution < -0.4 is 4.90 Å². The number of imidazole rings is 1. The van der Waals surface area contributed by atoms with E-state index in [1.165, 1.54) is 0 Å². The number of nitrogens with zero attached hydrogens (tertiary/aromatic N) is 5. The maximum Gasteiger partial charge on any atom is 0.154 e. The molecule has 1 fully saturated rings. The highest BCUT2D eigenvalue weighted by atomic mass is 16.5. The topological polar surface area (TPSA) is 71.3 Å². The minimum Gasteiger partial charge on any atom is -0.372 e. The largest absolute Gasteiger partial charge is 0.372 e. The van der Waals surface area contributed by atoms with Gasteiger partial charge in [-0.25, -0.2) is 14.5 Å². The highest BCUT2D eigenvalue weighted by Gasteiger charge is 2.23. The first-order chi connectivity index (χ1) is 12.7. The average molecular weight is 348 g/mol. The minimum atomic E-state index is 0.193. The zero-order valence-electron chi connectivity index (χ0n) is 14.8. The van der Waals surface area contributed by atoms with Crippen LogP contribution in [0.2, 0.25) is 0 Å². The van der Waals surface area contributed by atoms with Crippen molar-refractivity contribution in [3.63, 3.8) is 0 Å². The summed E-state index contributed by atoms with van der Waals surface area (Å²) in [5.74, 6) is 0.939. The fourth-order valence-corrected chi connectivity index (χ4v) is 3.67. The van der Waals surface area contributed by atoms with Gasteiger partial charge in [0.15, 0.2) is 5.65 Å². The normalized spacial score (nSPS) is 20.9. The van der Waals surface area contributed by atoms with Crippen LogP contribution in [-0.4, -0.2) is 49.9 Å². The molecule has 7 heteroatoms. The smallest absolute Gasteiger partial charge is 0.154 e. The van der Waals surface area contributed by atoms with Crippen LogP contribution in [0.4, 0.5) is 5.82 Å². The number of pyridine rings is 1. The summed E-state index contributed by atoms with van der Waals surface area (Å²) < 4.78 is 7.74. The van der Waals surface area contributed by atoms with Gasteiger partial charge in [0.2, 0.25) is 0 Å². The fraction of sp³-hybridized carbons (Fsp3) is 0.316. The molecule has 0 bridgehead atoms. The molecule has 0 aromatic carbocycles. The molecule has 1 saturated heterocycles. The second-order valence-electron chi connectivity index (χ2n) is 6.91. The van der Waals surface area contributed by atoms with E-state index >= 15 is 0 Å². The number of ether oxygens (including phenoxy) is 1. The van der Waals surface area contributed by atoms with Crippen LogP contribution in [0.25, 0.3) is 27.9 Å². The number of fused-ring (bicyclic) bond motifs is 2. The number of hydrogen-bond donors (Lipinski definition) is 1. The van der Waals surface area contributed by atoms with E-state index < -0.39 is 0 Å². The summed E-state index contributed by atoms with van der Waals surface area (Å²) in [5, 5.41) is 5.93. The Morgan fingerprint density at radius 2 is 1.92 bits per heavy atom. The molecule has 1 N–H and O–H groups in total. The van der Waals surface area contributed by atoms with Crippen molar-refractivity contribution in [1.82, 2.24) is 24.6 Å². The average Bonchev–Trinajstić information content (AvgIpc) is 3.26. The summed E-state index contributed by atoms with van der Waals surface area (Å²) in [7, 11) is 0. The van der Waals surface area contributed by atoms with Gasteiger partial charge in [-0.1, -0.05) is 0 Å². The van der Waals surface area contributed by atoms with Gasteiger partial charge in [0.05, 0.1) is 24.1 Å². The van der Waals surface area contributed by atoms with Crippen molar-refractivity contribution in [2.75, 3.05) is 18.0 Å². The van der Waals surface area contributed by atoms with Crippen LogP contribution in [0.15, 0.2) is 42.9 Å². The van der Waals surface area contributed by atoms with Gasteiger partial charge in [0, 0.05) is 36.4 Å². The van der Waals surface area contributed by atoms with Crippen molar-refractivity contribution >= 4 is 22.5 Å². The molecule has 1 aliphatic rings. The van der Waals surface area contributed by atoms with Crippen molar-refractivity contribution in [2.24, 2.45) is 0 Å². The molecule has 132 valence electrons. The number of hydrogen-bond acceptors (Lipinski definition) is 5. The standard InChI is InChI=1S/C19H20N6O/c1-12-10-24(11-13(2)26-12)18-4-3-17-21-9-16(25(17)23-18)15-7-14-5-6-20-19(14)22-8-15/h3-9,12-13H,10-11H2,1-2H3,(H,20,22)/t12-,13+. The molecule has 0 radical (unpaired) electrons. The molecule has 5 heterocycles. The van der Waals surface area contributed by atoms with E-state index in [0.29, 0.717) is 0 Å². The van der Waals surface area contributed by atoms with E-state index in [-0.39, 0.29) is 12.2 Å². The van der Waals surface area contributed by atoms with E-state index in [4.69, 9.17) is 9.84 Å². The first-order valence-corrected chi connectivity index (χ1v) is 8.86. The molecule has 7 nitrogen and oxygen atoms in total. The van der Waals surface area contributed by atoms with Crippen molar-refractivity contribution in [3.8, 4) is 11.3 Å². The molecule has 0 unspecified atom stereocenters. The van der Waals surface area contributed by atoms with E-state index in [0.717, 1.165) is 46.8 Å². The number of nitrogens with one attached hydrogen (secondary N) is 1. The molecule has 0 aliphatic carbocycles. The van der Waals surface area contributed by atoms with Gasteiger partial charge >= 0.3 is 0 Å². The van der Waals surface area contributed by atoms with E-state index in [1.54, 1.807) is 0 Å². The molecule has 0 spiro atoms. The van der Waals surface area contributed by atoms with Crippen molar-refractivity contribution in [2.45, 2.75) is 26.1 Å². The molecular formula is C19H20N6O. The predicted octanol–water partition coefficient (Wildman–Crippen LogP) is 2.89. The van der Waals surface area contributed by atoms with Gasteiger partial charge < -0.3 is 14.6 Å². The third-order valence-corrected chi connectivity index (χ3v) is 4.79. The summed E-state index contributed by atoms with van der Waals surface area (Å²) in [5.41, 5.74) is 3.64. The Hall–Kier alpha value is -2.93. The number of morpholine rings is 1. The number of anilines is 1. The highest BCUT2D eigenvalue weighted by Crippen LogP contribution is 2.25. The third kappa shape index (κ3) is 2.52. The van der Waals surface area contributed by atoms with Crippen molar-refractivity contribution in [1.29, 1.82) is 0 Å². The SMILES string of the molecule is C[C@@H]1CN(c2ccc3ncc(-c4cnc5[nH]ccc5c4)n3n2)C[C@H](C)O1. The quantitative estimate of drug-likeness (QED) is 0.603. The molecule has 2 atom stereocenters. The predicted molar refractivity (Wildman–Crippen MR) is 100 cm³/mol. The summed E-state index contributed by atoms with van der Waals surface area (Å²) in [6.45, 7) is 5.87. The first kappa shape index (κ1) is 15.3. The van der Waals surface area contributed by atoms with Crippen LogP contribution in [0, 0.1) is 0 Å². The third-order valence-electron chi connectivity index (χ3n) is 4.79. The fourth-order valence-electron chi connectivity index (χ4n) is 3.67. The molecule has 4 aromatic rings. The first-order valence-electron chi connectivity index (χ1n) is 8.86. The maximum atomic E-state index is 5.84. The number of aromatic amines is 1. The number of H-pyrrole nitrogens is 1. The summed E-state index contributed by atoms with van der Waals surface area (Å²) in [4.78, 5) is 14.4. The Labute approximate surface area is 150 Å². The molecule has 4 aromatic heterocycles. The Balaban J connectivity index is 1.58. The van der Waals surface area contributed by atoms with Crippen LogP contribution in [-0.2, 0) is 4.74 Å². The molecule has 26 heavy (non-hydrogen) atoms. The Kier molecular flexibility index (Phi) is 3.43. The number of rotatable bonds is 2.